The molecule has 1 aliphatic rings. The van der Waals surface area contributed by atoms with Gasteiger partial charge in [0.1, 0.15) is 17.5 Å². The van der Waals surface area contributed by atoms with Gasteiger partial charge in [0.15, 0.2) is 34.9 Å². The molecule has 15 heteroatoms. The molecular formula is C122H129BClF3N8O2. The van der Waals surface area contributed by atoms with Crippen LogP contribution < -0.4 is 5.46 Å². The molecule has 137 heavy (non-hydrogen) atoms. The molecule has 0 N–H and O–H groups in total. The molecule has 0 saturated carbocycles. The number of nitrogens with zero attached hydrogens (tertiary/aromatic N) is 8. The van der Waals surface area contributed by atoms with Crippen molar-refractivity contribution >= 4 is 67.8 Å². The lowest BCUT2D eigenvalue weighted by Crippen LogP contribution is -2.41. The highest BCUT2D eigenvalue weighted by molar-refractivity contribution is 6.62. The first-order valence-corrected chi connectivity index (χ1v) is 48.2. The lowest BCUT2D eigenvalue weighted by molar-refractivity contribution is 0.00578. The van der Waals surface area contributed by atoms with E-state index < -0.39 is 30.0 Å². The minimum absolute atomic E-state index is 0.0869. The third-order valence-corrected chi connectivity index (χ3v) is 27.1. The van der Waals surface area contributed by atoms with Crippen molar-refractivity contribution in [3.8, 4) is 102 Å². The number of para-hydroxylation sites is 6. The Morgan fingerprint density at radius 2 is 0.504 bits per heavy atom. The maximum absolute atomic E-state index is 16.6. The minimum atomic E-state index is -0.556. The lowest BCUT2D eigenvalue weighted by Gasteiger charge is -2.32. The number of fused-ring (bicyclic) bond motifs is 6. The quantitative estimate of drug-likeness (QED) is 0.118. The highest BCUT2D eigenvalue weighted by atomic mass is 35.5. The van der Waals surface area contributed by atoms with E-state index in [1.54, 1.807) is 18.2 Å². The molecule has 18 rings (SSSR count). The van der Waals surface area contributed by atoms with Crippen LogP contribution in [0, 0.1) is 17.5 Å². The number of rotatable bonds is 11. The Labute approximate surface area is 814 Å². The minimum Gasteiger partial charge on any atom is -0.399 e. The summed E-state index contributed by atoms with van der Waals surface area (Å²) in [6, 6.07) is 91.5. The number of halogens is 4. The molecule has 17 aromatic rings. The van der Waals surface area contributed by atoms with E-state index in [0.29, 0.717) is 45.3 Å². The van der Waals surface area contributed by atoms with E-state index >= 15 is 13.2 Å². The van der Waals surface area contributed by atoms with E-state index in [1.165, 1.54) is 84.3 Å². The maximum atomic E-state index is 16.6. The van der Waals surface area contributed by atoms with E-state index in [0.717, 1.165) is 77.8 Å². The normalized spacial score (nSPS) is 13.9. The van der Waals surface area contributed by atoms with Crippen LogP contribution in [0.2, 0.25) is 5.02 Å². The van der Waals surface area contributed by atoms with Gasteiger partial charge in [0.05, 0.1) is 55.8 Å². The first kappa shape index (κ1) is 97.6. The predicted molar refractivity (Wildman–Crippen MR) is 568 cm³/mol. The van der Waals surface area contributed by atoms with Gasteiger partial charge >= 0.3 is 7.12 Å². The van der Waals surface area contributed by atoms with Gasteiger partial charge in [-0.2, -0.15) is 0 Å². The zero-order valence-electron chi connectivity index (χ0n) is 85.0. The van der Waals surface area contributed by atoms with Crippen LogP contribution in [0.4, 0.5) is 13.2 Å². The van der Waals surface area contributed by atoms with Crippen LogP contribution in [0.5, 0.6) is 0 Å². The summed E-state index contributed by atoms with van der Waals surface area (Å²) >= 11 is 6.33. The first-order valence-electron chi connectivity index (χ1n) is 47.8. The molecule has 0 spiro atoms. The van der Waals surface area contributed by atoms with E-state index in [1.807, 2.05) is 82.3 Å². The Morgan fingerprint density at radius 3 is 0.825 bits per heavy atom. The average Bonchev–Trinajstić information content (AvgIpc) is 1.58. The van der Waals surface area contributed by atoms with Gasteiger partial charge in [-0.05, 0) is 248 Å². The second-order valence-corrected chi connectivity index (χ2v) is 46.7. The molecule has 0 radical (unpaired) electrons. The molecular weight excluding hydrogens is 1710 g/mol. The Bertz CT molecular complexity index is 7070. The third-order valence-electron chi connectivity index (χ3n) is 26.9. The zero-order chi connectivity index (χ0) is 98.7. The summed E-state index contributed by atoms with van der Waals surface area (Å²) in [7, 11) is -0.556. The zero-order valence-corrected chi connectivity index (χ0v) is 85.7. The summed E-state index contributed by atoms with van der Waals surface area (Å²) in [6.07, 6.45) is 0. The number of hydrogen-bond donors (Lipinski definition) is 0. The Hall–Kier alpha value is -12.5. The average molecular weight is 1840 g/mol. The predicted octanol–water partition coefficient (Wildman–Crippen LogP) is 32.7. The standard InChI is InChI=1S/C55H57FN4.C37H45ClFN3.C30H27BFNO2/c1-52(2,3)37-27-35(28-38(32-37)53(4,5)6)49-57-50(36-29-39(54(7,8)9)33-40(30-36)55(10,11)12)59-51(58-49)44-31-34(25-26-45(44)56)41-19-13-16-22-46(41)60-47-23-17-14-20-42(47)43-21-15-18-24-48(43)60;1-34(2,3)24-15-22(16-25(19-24)35(4,5)6)31-40-32(42-33(41-31)29-21-28(38)13-14-30(29)39)23-17-26(36(7,8)9)20-27(18-23)37(10,11)12;1-29(2)30(3,4)35-31(34-29)20-17-18-25(32)24(19-20)23-13-7-10-16-28(23)33-26-14-8-5-11-21(26)22-12-6-9-15-27(22)33/h13-33H,1-12H3;13-21H,1-12H3;5-19H,1-4H3. The summed E-state index contributed by atoms with van der Waals surface area (Å²) in [5, 5.41) is 5.13. The van der Waals surface area contributed by atoms with E-state index in [-0.39, 0.29) is 60.5 Å². The fourth-order valence-electron chi connectivity index (χ4n) is 17.6. The van der Waals surface area contributed by atoms with E-state index in [4.69, 9.17) is 50.8 Å². The number of aromatic nitrogens is 8. The van der Waals surface area contributed by atoms with Crippen molar-refractivity contribution in [3.05, 3.63) is 340 Å². The van der Waals surface area contributed by atoms with Crippen molar-refractivity contribution in [2.24, 2.45) is 0 Å². The molecule has 1 fully saturated rings. The van der Waals surface area contributed by atoms with Crippen LogP contribution in [0.3, 0.4) is 0 Å². The molecule has 13 aromatic carbocycles. The molecule has 0 amide bonds. The SMILES string of the molecule is CC(C)(C)c1cc(-c2nc(-c3cc(C(C)(C)C)cc(C(C)(C)C)c3)nc(-c3cc(-c4ccccc4-n4c5ccccc5c5ccccc54)ccc3F)n2)cc(C(C)(C)C)c1.CC(C)(C)c1cc(-c2nc(-c3cc(C(C)(C)C)cc(C(C)(C)C)c3)nc(-c3cc(Cl)ccc3F)n2)cc(C(C)(C)C)c1.CC1(C)OB(c2ccc(F)c(-c3ccccc3-n3c4ccccc4c4ccccc43)c2)OC1(C)C. The van der Waals surface area contributed by atoms with Gasteiger partial charge < -0.3 is 18.4 Å². The van der Waals surface area contributed by atoms with Crippen molar-refractivity contribution < 1.29 is 22.5 Å². The maximum Gasteiger partial charge on any atom is 0.494 e. The van der Waals surface area contributed by atoms with Crippen LogP contribution in [-0.4, -0.2) is 57.4 Å². The van der Waals surface area contributed by atoms with Gasteiger partial charge in [0.2, 0.25) is 0 Å². The topological polar surface area (TPSA) is 106 Å². The third kappa shape index (κ3) is 20.3. The smallest absolute Gasteiger partial charge is 0.399 e. The lowest BCUT2D eigenvalue weighted by atomic mass is 9.77. The molecule has 0 bridgehead atoms. The van der Waals surface area contributed by atoms with Gasteiger partial charge in [-0.3, -0.25) is 0 Å². The molecule has 0 unspecified atom stereocenters. The summed E-state index contributed by atoms with van der Waals surface area (Å²) < 4.78 is 64.3. The monoisotopic (exact) mass is 1840 g/mol. The van der Waals surface area contributed by atoms with Crippen molar-refractivity contribution in [1.29, 1.82) is 0 Å². The van der Waals surface area contributed by atoms with Gasteiger partial charge in [-0.1, -0.05) is 329 Å². The molecule has 10 nitrogen and oxygen atoms in total. The highest BCUT2D eigenvalue weighted by Gasteiger charge is 2.52. The van der Waals surface area contributed by atoms with Crippen molar-refractivity contribution in [3.63, 3.8) is 0 Å². The second kappa shape index (κ2) is 36.1. The van der Waals surface area contributed by atoms with Crippen LogP contribution >= 0.6 is 11.6 Å². The van der Waals surface area contributed by atoms with Crippen molar-refractivity contribution in [2.45, 2.75) is 248 Å². The van der Waals surface area contributed by atoms with Gasteiger partial charge in [-0.15, -0.1) is 0 Å². The van der Waals surface area contributed by atoms with Gasteiger partial charge in [0.25, 0.3) is 0 Å². The Balaban J connectivity index is 0.000000155. The van der Waals surface area contributed by atoms with E-state index in [9.17, 15) is 0 Å². The van der Waals surface area contributed by atoms with Crippen LogP contribution in [0.15, 0.2) is 273 Å². The summed E-state index contributed by atoms with van der Waals surface area (Å²) in [6.45, 7) is 61.3. The summed E-state index contributed by atoms with van der Waals surface area (Å²) in [4.78, 5) is 30.4. The van der Waals surface area contributed by atoms with Crippen LogP contribution in [0.1, 0.15) is 238 Å². The van der Waals surface area contributed by atoms with Crippen LogP contribution in [0.25, 0.3) is 146 Å². The van der Waals surface area contributed by atoms with E-state index in [2.05, 4.69) is 357 Å². The molecule has 1 aliphatic heterocycles. The molecule has 0 atom stereocenters. The van der Waals surface area contributed by atoms with Crippen molar-refractivity contribution in [1.82, 2.24) is 39.0 Å². The largest absolute Gasteiger partial charge is 0.494 e. The fourth-order valence-corrected chi connectivity index (χ4v) is 17.8. The summed E-state index contributed by atoms with van der Waals surface area (Å²) in [5.41, 5.74) is 22.1. The number of benzene rings is 13. The molecule has 1 saturated heterocycles. The Kier molecular flexibility index (Phi) is 25.8. The molecule has 0 aliphatic carbocycles. The van der Waals surface area contributed by atoms with Gasteiger partial charge in [-0.25, -0.2) is 43.1 Å². The molecule has 700 valence electrons. The summed E-state index contributed by atoms with van der Waals surface area (Å²) in [5.74, 6) is 1.48. The molecule has 5 heterocycles. The molecule has 4 aromatic heterocycles. The van der Waals surface area contributed by atoms with Crippen LogP contribution in [-0.2, 0) is 52.6 Å². The fraction of sp³-hybridized carbons (Fsp3) is 0.311. The highest BCUT2D eigenvalue weighted by Crippen LogP contribution is 2.46. The van der Waals surface area contributed by atoms with Crippen molar-refractivity contribution in [2.75, 3.05) is 0 Å². The Morgan fingerprint density at radius 1 is 0.248 bits per heavy atom. The number of hydrogen-bond acceptors (Lipinski definition) is 8. The van der Waals surface area contributed by atoms with Gasteiger partial charge in [0, 0.05) is 65.5 Å². The first-order chi connectivity index (χ1) is 64.1. The second-order valence-electron chi connectivity index (χ2n) is 46.2.